The Hall–Kier alpha value is -1.59. The zero-order valence-electron chi connectivity index (χ0n) is 13.6. The molecule has 1 unspecified atom stereocenters. The Morgan fingerprint density at radius 1 is 1.23 bits per heavy atom. The topological polar surface area (TPSA) is 78.5 Å². The minimum atomic E-state index is -0.344. The largest absolute Gasteiger partial charge is 0.353 e. The number of nitrogens with one attached hydrogen (secondary N) is 2. The van der Waals surface area contributed by atoms with E-state index in [4.69, 9.17) is 0 Å². The molecule has 6 heteroatoms. The molecular weight excluding hydrogens is 282 g/mol. The van der Waals surface area contributed by atoms with Crippen LogP contribution >= 0.6 is 0 Å². The molecule has 0 spiro atoms. The van der Waals surface area contributed by atoms with E-state index in [-0.39, 0.29) is 35.7 Å². The van der Waals surface area contributed by atoms with E-state index in [0.717, 1.165) is 25.7 Å². The molecule has 3 amide bonds. The number of hydrogen-bond donors (Lipinski definition) is 2. The zero-order valence-corrected chi connectivity index (χ0v) is 13.6. The maximum atomic E-state index is 12.3. The van der Waals surface area contributed by atoms with Gasteiger partial charge >= 0.3 is 0 Å². The first-order valence-electron chi connectivity index (χ1n) is 8.43. The smallest absolute Gasteiger partial charge is 0.245 e. The predicted molar refractivity (Wildman–Crippen MR) is 83.0 cm³/mol. The molecule has 2 aliphatic rings. The molecule has 0 aromatic rings. The van der Waals surface area contributed by atoms with Crippen molar-refractivity contribution in [2.24, 2.45) is 5.92 Å². The van der Waals surface area contributed by atoms with Gasteiger partial charge in [-0.3, -0.25) is 14.4 Å². The van der Waals surface area contributed by atoms with Gasteiger partial charge in [0.1, 0.15) is 6.04 Å². The van der Waals surface area contributed by atoms with E-state index < -0.39 is 0 Å². The first-order chi connectivity index (χ1) is 10.5. The lowest BCUT2D eigenvalue weighted by Gasteiger charge is -2.34. The van der Waals surface area contributed by atoms with Crippen molar-refractivity contribution in [3.63, 3.8) is 0 Å². The van der Waals surface area contributed by atoms with Crippen LogP contribution in [0.4, 0.5) is 0 Å². The van der Waals surface area contributed by atoms with E-state index >= 15 is 0 Å². The van der Waals surface area contributed by atoms with Gasteiger partial charge < -0.3 is 15.5 Å². The minimum absolute atomic E-state index is 0.0237. The molecule has 0 bridgehead atoms. The molecule has 0 aromatic carbocycles. The molecule has 2 rings (SSSR count). The van der Waals surface area contributed by atoms with E-state index in [1.807, 2.05) is 18.7 Å². The summed E-state index contributed by atoms with van der Waals surface area (Å²) >= 11 is 0. The van der Waals surface area contributed by atoms with Crippen LogP contribution in [0.25, 0.3) is 0 Å². The fraction of sp³-hybridized carbons (Fsp3) is 0.812. The average molecular weight is 309 g/mol. The van der Waals surface area contributed by atoms with Crippen LogP contribution in [-0.2, 0) is 14.4 Å². The highest BCUT2D eigenvalue weighted by Gasteiger charge is 2.33. The average Bonchev–Trinajstić information content (AvgIpc) is 2.95. The van der Waals surface area contributed by atoms with Crippen LogP contribution < -0.4 is 10.6 Å². The number of carbonyl (C=O) groups is 3. The summed E-state index contributed by atoms with van der Waals surface area (Å²) < 4.78 is 0. The van der Waals surface area contributed by atoms with Crippen LogP contribution in [0.15, 0.2) is 0 Å². The van der Waals surface area contributed by atoms with Gasteiger partial charge in [0.05, 0.1) is 0 Å². The van der Waals surface area contributed by atoms with Crippen LogP contribution in [-0.4, -0.2) is 47.8 Å². The summed E-state index contributed by atoms with van der Waals surface area (Å²) in [6.07, 6.45) is 4.35. The fourth-order valence-corrected chi connectivity index (χ4v) is 3.24. The van der Waals surface area contributed by atoms with Gasteiger partial charge in [-0.15, -0.1) is 0 Å². The van der Waals surface area contributed by atoms with Gasteiger partial charge in [0, 0.05) is 31.5 Å². The standard InChI is InChI=1S/C16H27N3O3/c1-3-11(4-2)15(21)17-12-7-9-19(10-8-12)16(22)13-5-6-14(20)18-13/h11-13H,3-10H2,1-2H3,(H,17,21)(H,18,20). The van der Waals surface area contributed by atoms with Crippen molar-refractivity contribution in [3.05, 3.63) is 0 Å². The molecular formula is C16H27N3O3. The summed E-state index contributed by atoms with van der Waals surface area (Å²) in [6.45, 7) is 5.37. The van der Waals surface area contributed by atoms with Gasteiger partial charge in [-0.2, -0.15) is 0 Å². The van der Waals surface area contributed by atoms with Gasteiger partial charge in [-0.05, 0) is 32.1 Å². The quantitative estimate of drug-likeness (QED) is 0.789. The van der Waals surface area contributed by atoms with Crippen LogP contribution in [0.3, 0.4) is 0 Å². The Balaban J connectivity index is 1.77. The van der Waals surface area contributed by atoms with Gasteiger partial charge in [0.2, 0.25) is 17.7 Å². The van der Waals surface area contributed by atoms with E-state index in [2.05, 4.69) is 10.6 Å². The van der Waals surface area contributed by atoms with Gasteiger partial charge in [0.25, 0.3) is 0 Å². The molecule has 0 aromatic heterocycles. The Morgan fingerprint density at radius 3 is 2.36 bits per heavy atom. The van der Waals surface area contributed by atoms with Crippen molar-refractivity contribution >= 4 is 17.7 Å². The minimum Gasteiger partial charge on any atom is -0.353 e. The van der Waals surface area contributed by atoms with Crippen molar-refractivity contribution in [1.82, 2.24) is 15.5 Å². The van der Waals surface area contributed by atoms with Crippen LogP contribution in [0.2, 0.25) is 0 Å². The van der Waals surface area contributed by atoms with Crippen molar-refractivity contribution in [1.29, 1.82) is 0 Å². The third-order valence-corrected chi connectivity index (χ3v) is 4.80. The number of piperidine rings is 1. The van der Waals surface area contributed by atoms with Crippen molar-refractivity contribution in [3.8, 4) is 0 Å². The van der Waals surface area contributed by atoms with Crippen LogP contribution in [0, 0.1) is 5.92 Å². The molecule has 6 nitrogen and oxygen atoms in total. The highest BCUT2D eigenvalue weighted by Crippen LogP contribution is 2.16. The Morgan fingerprint density at radius 2 is 1.86 bits per heavy atom. The van der Waals surface area contributed by atoms with Crippen molar-refractivity contribution in [2.45, 2.75) is 64.5 Å². The molecule has 22 heavy (non-hydrogen) atoms. The van der Waals surface area contributed by atoms with E-state index in [1.54, 1.807) is 0 Å². The Bertz CT molecular complexity index is 426. The third kappa shape index (κ3) is 3.99. The van der Waals surface area contributed by atoms with E-state index in [0.29, 0.717) is 25.9 Å². The maximum absolute atomic E-state index is 12.3. The molecule has 1 atom stereocenters. The molecule has 2 heterocycles. The number of carbonyl (C=O) groups excluding carboxylic acids is 3. The summed E-state index contributed by atoms with van der Waals surface area (Å²) in [6, 6.07) is -0.182. The molecule has 0 saturated carbocycles. The summed E-state index contributed by atoms with van der Waals surface area (Å²) in [5.41, 5.74) is 0. The summed E-state index contributed by atoms with van der Waals surface area (Å²) in [7, 11) is 0. The second kappa shape index (κ2) is 7.61. The predicted octanol–water partition coefficient (Wildman–Crippen LogP) is 0.808. The Kier molecular flexibility index (Phi) is 5.80. The lowest BCUT2D eigenvalue weighted by atomic mass is 9.99. The highest BCUT2D eigenvalue weighted by molar-refractivity contribution is 5.90. The molecule has 124 valence electrons. The normalized spacial score (nSPS) is 22.8. The summed E-state index contributed by atoms with van der Waals surface area (Å²) in [5, 5.41) is 5.83. The van der Waals surface area contributed by atoms with Crippen molar-refractivity contribution in [2.75, 3.05) is 13.1 Å². The highest BCUT2D eigenvalue weighted by atomic mass is 16.2. The molecule has 2 fully saturated rings. The van der Waals surface area contributed by atoms with Gasteiger partial charge in [0.15, 0.2) is 0 Å². The molecule has 2 aliphatic heterocycles. The molecule has 0 radical (unpaired) electrons. The molecule has 0 aliphatic carbocycles. The fourth-order valence-electron chi connectivity index (χ4n) is 3.24. The van der Waals surface area contributed by atoms with E-state index in [9.17, 15) is 14.4 Å². The zero-order chi connectivity index (χ0) is 16.1. The van der Waals surface area contributed by atoms with Crippen molar-refractivity contribution < 1.29 is 14.4 Å². The monoisotopic (exact) mass is 309 g/mol. The number of nitrogens with zero attached hydrogens (tertiary/aromatic N) is 1. The molecule has 2 N–H and O–H groups in total. The number of rotatable bonds is 5. The van der Waals surface area contributed by atoms with Gasteiger partial charge in [-0.25, -0.2) is 0 Å². The number of amides is 3. The first kappa shape index (κ1) is 16.8. The first-order valence-corrected chi connectivity index (χ1v) is 8.43. The van der Waals surface area contributed by atoms with Gasteiger partial charge in [-0.1, -0.05) is 13.8 Å². The second-order valence-corrected chi connectivity index (χ2v) is 6.28. The SMILES string of the molecule is CCC(CC)C(=O)NC1CCN(C(=O)C2CCC(=O)N2)CC1. The summed E-state index contributed by atoms with van der Waals surface area (Å²) in [4.78, 5) is 37.4. The van der Waals surface area contributed by atoms with Crippen LogP contribution in [0.5, 0.6) is 0 Å². The maximum Gasteiger partial charge on any atom is 0.245 e. The third-order valence-electron chi connectivity index (χ3n) is 4.80. The lowest BCUT2D eigenvalue weighted by Crippen LogP contribution is -2.51. The van der Waals surface area contributed by atoms with Crippen LogP contribution in [0.1, 0.15) is 52.4 Å². The number of hydrogen-bond acceptors (Lipinski definition) is 3. The number of likely N-dealkylation sites (tertiary alicyclic amines) is 1. The summed E-state index contributed by atoms with van der Waals surface area (Å²) in [5.74, 6) is 0.215. The second-order valence-electron chi connectivity index (χ2n) is 6.28. The molecule has 2 saturated heterocycles. The van der Waals surface area contributed by atoms with E-state index in [1.165, 1.54) is 0 Å². The lowest BCUT2D eigenvalue weighted by molar-refractivity contribution is -0.135. The Labute approximate surface area is 132 Å².